The number of nitrogens with zero attached hydrogens (tertiary/aromatic N) is 2. The molecule has 4 rings (SSSR count). The third-order valence-electron chi connectivity index (χ3n) is 12.4. The van der Waals surface area contributed by atoms with E-state index in [4.69, 9.17) is 22.9 Å². The summed E-state index contributed by atoms with van der Waals surface area (Å²) in [5.41, 5.74) is 24.5. The number of aliphatic carboxylic acids is 1. The highest BCUT2D eigenvalue weighted by Crippen LogP contribution is 2.20. The monoisotopic (exact) mass is 1150 g/mol. The Morgan fingerprint density at radius 1 is 0.588 bits per heavy atom. The Labute approximate surface area is 472 Å². The average Bonchev–Trinajstić information content (AvgIpc) is 4.11. The van der Waals surface area contributed by atoms with Crippen LogP contribution in [-0.4, -0.2) is 158 Å². The fourth-order valence-corrected chi connectivity index (χ4v) is 8.77. The molecule has 4 aromatic rings. The molecule has 0 aliphatic rings. The lowest BCUT2D eigenvalue weighted by Crippen LogP contribution is -2.61. The fraction of sp³-hybridized carbons (Fsp3) is 0.451. The molecule has 0 spiro atoms. The molecule has 0 aliphatic heterocycles. The topological polar surface area (TPSA) is 448 Å². The van der Waals surface area contributed by atoms with Gasteiger partial charge in [0.2, 0.25) is 53.2 Å². The maximum Gasteiger partial charge on any atom is 0.303 e. The van der Waals surface area contributed by atoms with E-state index < -0.39 is 120 Å². The second-order valence-corrected chi connectivity index (χ2v) is 19.4. The molecule has 0 bridgehead atoms. The Bertz CT molecular complexity index is 2760. The van der Waals surface area contributed by atoms with Crippen molar-refractivity contribution in [1.82, 2.24) is 57.5 Å². The summed E-state index contributed by atoms with van der Waals surface area (Å²) in [5, 5.41) is 31.1. The number of amides is 9. The van der Waals surface area contributed by atoms with E-state index in [1.54, 1.807) is 42.6 Å². The van der Waals surface area contributed by atoms with Crippen LogP contribution in [0.5, 0.6) is 0 Å². The smallest absolute Gasteiger partial charge is 0.303 e. The summed E-state index contributed by atoms with van der Waals surface area (Å²) in [6.07, 6.45) is 3.96. The number of nitrogens with two attached hydrogens (primary N) is 4. The molecule has 0 saturated carbocycles. The van der Waals surface area contributed by atoms with Gasteiger partial charge in [0.05, 0.1) is 6.33 Å². The molecule has 27 nitrogen and oxygen atoms in total. The van der Waals surface area contributed by atoms with Crippen LogP contribution >= 0.6 is 25.3 Å². The number of guanidine groups is 1. The minimum atomic E-state index is -1.62. The van der Waals surface area contributed by atoms with Gasteiger partial charge in [-0.15, -0.1) is 0 Å². The van der Waals surface area contributed by atoms with Crippen LogP contribution in [-0.2, 0) is 67.2 Å². The number of thiol groups is 2. The second kappa shape index (κ2) is 33.3. The number of unbranched alkanes of at least 4 members (excludes halogenated alkanes) is 1. The summed E-state index contributed by atoms with van der Waals surface area (Å²) in [6, 6.07) is 4.70. The highest BCUT2D eigenvalue weighted by molar-refractivity contribution is 7.80. The van der Waals surface area contributed by atoms with E-state index in [2.05, 4.69) is 87.7 Å². The van der Waals surface area contributed by atoms with Crippen molar-refractivity contribution in [3.8, 4) is 0 Å². The molecule has 0 fully saturated rings. The molecule has 80 heavy (non-hydrogen) atoms. The number of primary amides is 1. The first-order valence-electron chi connectivity index (χ1n) is 25.7. The number of H-pyrrole nitrogens is 2. The highest BCUT2D eigenvalue weighted by atomic mass is 32.1. The predicted octanol–water partition coefficient (Wildman–Crippen LogP) is -2.79. The van der Waals surface area contributed by atoms with Crippen LogP contribution in [0.2, 0.25) is 0 Å². The lowest BCUT2D eigenvalue weighted by atomic mass is 10.0. The van der Waals surface area contributed by atoms with Gasteiger partial charge in [-0.1, -0.05) is 48.5 Å². The number of para-hydroxylation sites is 1. The lowest BCUT2D eigenvalue weighted by molar-refractivity contribution is -0.138. The van der Waals surface area contributed by atoms with Crippen molar-refractivity contribution in [2.45, 2.75) is 119 Å². The maximum absolute atomic E-state index is 14.7. The highest BCUT2D eigenvalue weighted by Gasteiger charge is 2.35. The molecule has 2 aromatic heterocycles. The average molecular weight is 1150 g/mol. The number of carbonyl (C=O) groups excluding carboxylic acids is 9. The standard InChI is InChI=1S/C51H72N16O11S2/c1-28(68)60-34(14-7-8-18-52)44(72)67-41(26-80)50(78)62-36(16-17-42(69)70)46(74)65-39(22-31-24-56-27-59-31)49(77)63-37(20-29-10-3-2-4-11-29)47(75)61-35(15-9-19-57-51(54)55)45(73)64-38(48(76)66-40(25-79)43(53)71)21-30-23-58-33-13-6-5-12-32(30)33/h2-6,10-13,23-24,27,34-41,58,79-80H,7-9,14-22,25-26,52H2,1H3,(H2,53,71)(H,56,59)(H,60,68)(H,61,75)(H,62,78)(H,63,77)(H,64,73)(H,65,74)(H,66,76)(H,67,72)(H,69,70)(H4,54,55,57)/t34-,35-,36-,37+,38-,39-,40-,41-/m0/s1. The zero-order valence-electron chi connectivity index (χ0n) is 44.1. The van der Waals surface area contributed by atoms with Crippen molar-refractivity contribution in [3.05, 3.63) is 90.1 Å². The van der Waals surface area contributed by atoms with Crippen molar-refractivity contribution in [2.75, 3.05) is 24.6 Å². The molecular weight excluding hydrogens is 1080 g/mol. The SMILES string of the molecule is CC(=O)N[C@@H](CCCCN)C(=O)N[C@@H](CS)C(=O)N[C@@H](CCC(=O)O)C(=O)N[C@@H](Cc1cnc[nH]1)C(=O)N[C@H](Cc1ccccc1)C(=O)N[C@@H](CCCN=C(N)N)C(=O)N[C@@H](Cc1c[nH]c2ccccc12)C(=O)N[C@@H](CS)C(N)=O. The number of imidazole rings is 1. The molecule has 2 aromatic carbocycles. The van der Waals surface area contributed by atoms with Gasteiger partial charge >= 0.3 is 5.97 Å². The van der Waals surface area contributed by atoms with Crippen LogP contribution in [0, 0.1) is 0 Å². The van der Waals surface area contributed by atoms with Gasteiger partial charge < -0.3 is 80.5 Å². The largest absolute Gasteiger partial charge is 0.481 e. The molecule has 29 heteroatoms. The molecule has 9 amide bonds. The zero-order chi connectivity index (χ0) is 58.7. The number of hydrogen-bond acceptors (Lipinski definition) is 15. The van der Waals surface area contributed by atoms with Crippen molar-refractivity contribution < 1.29 is 53.1 Å². The number of carboxylic acids is 1. The Balaban J connectivity index is 1.66. The van der Waals surface area contributed by atoms with Gasteiger partial charge in [-0.2, -0.15) is 25.3 Å². The third-order valence-corrected chi connectivity index (χ3v) is 13.1. The third kappa shape index (κ3) is 21.6. The Morgan fingerprint density at radius 3 is 1.64 bits per heavy atom. The van der Waals surface area contributed by atoms with Crippen LogP contribution in [0.4, 0.5) is 0 Å². The minimum Gasteiger partial charge on any atom is -0.481 e. The first-order chi connectivity index (χ1) is 38.2. The second-order valence-electron chi connectivity index (χ2n) is 18.6. The number of carboxylic acid groups (broad SMARTS) is 1. The van der Waals surface area contributed by atoms with Gasteiger partial charge in [-0.05, 0) is 62.3 Å². The number of nitrogens with one attached hydrogen (secondary N) is 10. The summed E-state index contributed by atoms with van der Waals surface area (Å²) in [5.74, 6) is -9.51. The van der Waals surface area contributed by atoms with Crippen molar-refractivity contribution >= 4 is 101 Å². The molecule has 0 saturated heterocycles. The van der Waals surface area contributed by atoms with Gasteiger partial charge in [0.15, 0.2) is 5.96 Å². The number of fused-ring (bicyclic) bond motifs is 1. The summed E-state index contributed by atoms with van der Waals surface area (Å²) in [7, 11) is 0. The Kier molecular flexibility index (Phi) is 26.8. The fourth-order valence-electron chi connectivity index (χ4n) is 8.24. The molecule has 0 aliphatic carbocycles. The number of hydrogen-bond donors (Lipinski definition) is 17. The van der Waals surface area contributed by atoms with Crippen molar-refractivity contribution in [2.24, 2.45) is 27.9 Å². The molecule has 19 N–H and O–H groups in total. The van der Waals surface area contributed by atoms with Crippen LogP contribution in [0.1, 0.15) is 68.7 Å². The number of carbonyl (C=O) groups is 10. The summed E-state index contributed by atoms with van der Waals surface area (Å²) in [4.78, 5) is 149. The molecular formula is C51H72N16O11S2. The van der Waals surface area contributed by atoms with Crippen molar-refractivity contribution in [3.63, 3.8) is 0 Å². The normalized spacial score (nSPS) is 14.0. The molecule has 8 atom stereocenters. The molecule has 0 unspecified atom stereocenters. The number of aromatic nitrogens is 3. The number of aliphatic imine (C=N–C) groups is 1. The van der Waals surface area contributed by atoms with E-state index >= 15 is 0 Å². The van der Waals surface area contributed by atoms with E-state index in [-0.39, 0.29) is 62.5 Å². The summed E-state index contributed by atoms with van der Waals surface area (Å²) < 4.78 is 0. The van der Waals surface area contributed by atoms with Gasteiger partial charge in [-0.3, -0.25) is 52.9 Å². The lowest BCUT2D eigenvalue weighted by Gasteiger charge is -2.28. The van der Waals surface area contributed by atoms with E-state index in [1.807, 2.05) is 18.2 Å². The van der Waals surface area contributed by atoms with Crippen molar-refractivity contribution in [1.29, 1.82) is 0 Å². The van der Waals surface area contributed by atoms with E-state index in [0.717, 1.165) is 10.9 Å². The summed E-state index contributed by atoms with van der Waals surface area (Å²) in [6.45, 7) is 1.58. The quantitative estimate of drug-likeness (QED) is 0.00959. The van der Waals surface area contributed by atoms with E-state index in [1.165, 1.54) is 19.4 Å². The number of benzene rings is 2. The molecule has 2 heterocycles. The summed E-state index contributed by atoms with van der Waals surface area (Å²) >= 11 is 8.36. The number of rotatable bonds is 35. The van der Waals surface area contributed by atoms with Crippen LogP contribution in [0.25, 0.3) is 10.9 Å². The van der Waals surface area contributed by atoms with Gasteiger partial charge in [-0.25, -0.2) is 4.98 Å². The Hall–Kier alpha value is -8.18. The van der Waals surface area contributed by atoms with E-state index in [0.29, 0.717) is 36.2 Å². The molecule has 434 valence electrons. The van der Waals surface area contributed by atoms with E-state index in [9.17, 15) is 53.1 Å². The van der Waals surface area contributed by atoms with Crippen LogP contribution < -0.4 is 65.5 Å². The zero-order valence-corrected chi connectivity index (χ0v) is 45.9. The minimum absolute atomic E-state index is 0.0230. The van der Waals surface area contributed by atoms with Crippen LogP contribution in [0.15, 0.2) is 78.3 Å². The van der Waals surface area contributed by atoms with Gasteiger partial charge in [0, 0.05) is 79.6 Å². The van der Waals surface area contributed by atoms with Gasteiger partial charge in [0.25, 0.3) is 0 Å². The van der Waals surface area contributed by atoms with Gasteiger partial charge in [0.1, 0.15) is 48.3 Å². The Morgan fingerprint density at radius 2 is 1.09 bits per heavy atom. The first-order valence-corrected chi connectivity index (χ1v) is 26.9. The predicted molar refractivity (Wildman–Crippen MR) is 302 cm³/mol. The van der Waals surface area contributed by atoms with Crippen LogP contribution in [0.3, 0.4) is 0 Å². The molecule has 0 radical (unpaired) electrons. The number of aromatic amines is 2. The first kappa shape index (κ1) is 64.3. The maximum atomic E-state index is 14.7.